The van der Waals surface area contributed by atoms with Crippen molar-refractivity contribution in [2.45, 2.75) is 13.5 Å². The largest absolute Gasteiger partial charge is 0.364 e. The van der Waals surface area contributed by atoms with Crippen LogP contribution in [0.1, 0.15) is 21.5 Å². The van der Waals surface area contributed by atoms with Gasteiger partial charge in [-0.2, -0.15) is 4.98 Å². The van der Waals surface area contributed by atoms with E-state index in [2.05, 4.69) is 37.5 Å². The van der Waals surface area contributed by atoms with Gasteiger partial charge in [-0.15, -0.1) is 0 Å². The van der Waals surface area contributed by atoms with Gasteiger partial charge in [0, 0.05) is 69.0 Å². The zero-order valence-electron chi connectivity index (χ0n) is 21.0. The number of likely N-dealkylation sites (N-methyl/N-ethyl adjacent to an activating group) is 1. The van der Waals surface area contributed by atoms with Crippen LogP contribution < -0.4 is 14.9 Å². The maximum absolute atomic E-state index is 13.0. The minimum atomic E-state index is 0.0352. The topological polar surface area (TPSA) is 89.5 Å². The Morgan fingerprint density at radius 1 is 1.19 bits per heavy atom. The van der Waals surface area contributed by atoms with Gasteiger partial charge in [-0.05, 0) is 37.7 Å². The smallest absolute Gasteiger partial charge is 0.254 e. The van der Waals surface area contributed by atoms with E-state index in [9.17, 15) is 4.79 Å². The van der Waals surface area contributed by atoms with Crippen molar-refractivity contribution in [1.82, 2.24) is 24.8 Å². The Hall–Kier alpha value is -3.08. The zero-order chi connectivity index (χ0) is 25.7. The number of hydrogen-bond acceptors (Lipinski definition) is 9. The lowest BCUT2D eigenvalue weighted by Gasteiger charge is -2.32. The lowest BCUT2D eigenvalue weighted by atomic mass is 10.1. The van der Waals surface area contributed by atoms with E-state index >= 15 is 0 Å². The van der Waals surface area contributed by atoms with Gasteiger partial charge in [-0.25, -0.2) is 9.97 Å². The fourth-order valence-corrected chi connectivity index (χ4v) is 4.37. The zero-order valence-corrected chi connectivity index (χ0v) is 22.5. The maximum atomic E-state index is 13.0. The number of anilines is 4. The third-order valence-electron chi connectivity index (χ3n) is 6.15. The summed E-state index contributed by atoms with van der Waals surface area (Å²) in [5, 5.41) is 6.98. The number of carbonyl (C=O) groups excluding carboxylic acids is 1. The van der Waals surface area contributed by atoms with Crippen LogP contribution in [0, 0.1) is 6.92 Å². The fraction of sp³-hybridized carbons (Fsp3) is 0.360. The van der Waals surface area contributed by atoms with E-state index in [1.165, 1.54) is 0 Å². The SMILES string of the molecule is CSN(C)c1ncccc1CNc1nc(Nc2cc(C(=O)N3CCN(C)CC3)ccc2C)ncc1Cl. The van der Waals surface area contributed by atoms with E-state index in [1.54, 1.807) is 24.3 Å². The Bertz CT molecular complexity index is 1220. The van der Waals surface area contributed by atoms with Gasteiger partial charge in [-0.1, -0.05) is 35.7 Å². The van der Waals surface area contributed by atoms with Crippen LogP contribution in [-0.4, -0.2) is 77.2 Å². The molecule has 1 fully saturated rings. The van der Waals surface area contributed by atoms with Gasteiger partial charge in [-0.3, -0.25) is 4.79 Å². The number of nitrogens with zero attached hydrogens (tertiary/aromatic N) is 6. The highest BCUT2D eigenvalue weighted by atomic mass is 35.5. The first-order chi connectivity index (χ1) is 17.4. The minimum absolute atomic E-state index is 0.0352. The molecule has 0 atom stereocenters. The predicted molar refractivity (Wildman–Crippen MR) is 148 cm³/mol. The van der Waals surface area contributed by atoms with Crippen molar-refractivity contribution >= 4 is 52.7 Å². The van der Waals surface area contributed by atoms with Crippen LogP contribution in [0.3, 0.4) is 0 Å². The molecule has 1 amide bonds. The van der Waals surface area contributed by atoms with E-state index in [4.69, 9.17) is 11.6 Å². The first kappa shape index (κ1) is 26.0. The lowest BCUT2D eigenvalue weighted by molar-refractivity contribution is 0.0664. The third kappa shape index (κ3) is 6.18. The number of halogens is 1. The first-order valence-corrected chi connectivity index (χ1v) is 13.3. The van der Waals surface area contributed by atoms with Crippen LogP contribution in [0.4, 0.5) is 23.3 Å². The van der Waals surface area contributed by atoms with Gasteiger partial charge in [0.1, 0.15) is 10.8 Å². The van der Waals surface area contributed by atoms with Gasteiger partial charge < -0.3 is 24.7 Å². The van der Waals surface area contributed by atoms with Gasteiger partial charge in [0.2, 0.25) is 5.95 Å². The summed E-state index contributed by atoms with van der Waals surface area (Å²) in [7, 11) is 4.05. The molecular formula is C25H31ClN8OS. The van der Waals surface area contributed by atoms with Gasteiger partial charge >= 0.3 is 0 Å². The second kappa shape index (κ2) is 11.8. The van der Waals surface area contributed by atoms with E-state index < -0.39 is 0 Å². The summed E-state index contributed by atoms with van der Waals surface area (Å²) in [5.41, 5.74) is 3.42. The number of nitrogens with one attached hydrogen (secondary N) is 2. The van der Waals surface area contributed by atoms with E-state index in [0.717, 1.165) is 48.8 Å². The van der Waals surface area contributed by atoms with Crippen molar-refractivity contribution in [2.24, 2.45) is 0 Å². The molecule has 4 rings (SSSR count). The number of pyridine rings is 1. The highest BCUT2D eigenvalue weighted by Crippen LogP contribution is 2.26. The maximum Gasteiger partial charge on any atom is 0.254 e. The highest BCUT2D eigenvalue weighted by molar-refractivity contribution is 7.99. The van der Waals surface area contributed by atoms with Crippen molar-refractivity contribution < 1.29 is 4.79 Å². The Morgan fingerprint density at radius 3 is 2.72 bits per heavy atom. The molecule has 11 heteroatoms. The molecule has 3 heterocycles. The number of aryl methyl sites for hydroxylation is 1. The van der Waals surface area contributed by atoms with E-state index in [0.29, 0.717) is 28.9 Å². The summed E-state index contributed by atoms with van der Waals surface area (Å²) in [6.45, 7) is 5.70. The van der Waals surface area contributed by atoms with Crippen LogP contribution in [0.25, 0.3) is 0 Å². The van der Waals surface area contributed by atoms with E-state index in [-0.39, 0.29) is 5.91 Å². The molecule has 36 heavy (non-hydrogen) atoms. The van der Waals surface area contributed by atoms with Crippen molar-refractivity contribution in [3.05, 3.63) is 64.4 Å². The second-order valence-corrected chi connectivity index (χ2v) is 9.98. The fourth-order valence-electron chi connectivity index (χ4n) is 3.87. The van der Waals surface area contributed by atoms with Gasteiger partial charge in [0.25, 0.3) is 5.91 Å². The molecule has 0 aliphatic carbocycles. The van der Waals surface area contributed by atoms with Gasteiger partial charge in [0.05, 0.1) is 6.20 Å². The van der Waals surface area contributed by atoms with Crippen LogP contribution in [-0.2, 0) is 6.54 Å². The molecule has 9 nitrogen and oxygen atoms in total. The van der Waals surface area contributed by atoms with Crippen molar-refractivity contribution in [2.75, 3.05) is 61.5 Å². The number of amides is 1. The van der Waals surface area contributed by atoms with Crippen LogP contribution in [0.5, 0.6) is 0 Å². The van der Waals surface area contributed by atoms with Crippen LogP contribution >= 0.6 is 23.5 Å². The Kier molecular flexibility index (Phi) is 8.50. The summed E-state index contributed by atoms with van der Waals surface area (Å²) < 4.78 is 2.00. The Morgan fingerprint density at radius 2 is 1.97 bits per heavy atom. The summed E-state index contributed by atoms with van der Waals surface area (Å²) in [4.78, 5) is 30.6. The first-order valence-electron chi connectivity index (χ1n) is 11.7. The molecule has 0 bridgehead atoms. The van der Waals surface area contributed by atoms with E-state index in [1.807, 2.05) is 59.8 Å². The van der Waals surface area contributed by atoms with Crippen molar-refractivity contribution in [3.8, 4) is 0 Å². The molecule has 2 N–H and O–H groups in total. The number of benzene rings is 1. The second-order valence-electron chi connectivity index (χ2n) is 8.66. The summed E-state index contributed by atoms with van der Waals surface area (Å²) in [6, 6.07) is 9.59. The molecule has 3 aromatic rings. The average molecular weight is 527 g/mol. The van der Waals surface area contributed by atoms with Crippen LogP contribution in [0.2, 0.25) is 5.02 Å². The summed E-state index contributed by atoms with van der Waals surface area (Å²) in [5.74, 6) is 1.81. The quantitative estimate of drug-likeness (QED) is 0.417. The molecule has 1 aromatic carbocycles. The molecule has 190 valence electrons. The summed E-state index contributed by atoms with van der Waals surface area (Å²) in [6.07, 6.45) is 5.34. The van der Waals surface area contributed by atoms with Crippen molar-refractivity contribution in [1.29, 1.82) is 0 Å². The molecule has 1 aliphatic rings. The highest BCUT2D eigenvalue weighted by Gasteiger charge is 2.21. The number of aromatic nitrogens is 3. The molecule has 2 aromatic heterocycles. The summed E-state index contributed by atoms with van der Waals surface area (Å²) >= 11 is 7.98. The number of carbonyl (C=O) groups is 1. The normalized spacial score (nSPS) is 14.0. The standard InChI is InChI=1S/C25H31ClN8OS/c1-17-7-8-18(24(35)34-12-10-32(2)11-13-34)14-21(17)30-25-29-16-20(26)22(31-25)28-15-19-6-5-9-27-23(19)33(3)36-4/h5-9,14,16H,10-13,15H2,1-4H3,(H2,28,29,30,31). The number of hydrogen-bond donors (Lipinski definition) is 2. The molecule has 0 spiro atoms. The molecule has 0 radical (unpaired) electrons. The lowest BCUT2D eigenvalue weighted by Crippen LogP contribution is -2.47. The Balaban J connectivity index is 1.49. The van der Waals surface area contributed by atoms with Crippen molar-refractivity contribution in [3.63, 3.8) is 0 Å². The molecular weight excluding hydrogens is 496 g/mol. The number of rotatable bonds is 8. The monoisotopic (exact) mass is 526 g/mol. The van der Waals surface area contributed by atoms with Crippen LogP contribution in [0.15, 0.2) is 42.7 Å². The predicted octanol–water partition coefficient (Wildman–Crippen LogP) is 4.29. The molecule has 0 saturated carbocycles. The molecule has 1 saturated heterocycles. The van der Waals surface area contributed by atoms with Gasteiger partial charge in [0.15, 0.2) is 5.82 Å². The molecule has 0 unspecified atom stereocenters. The Labute approximate surface area is 221 Å². The minimum Gasteiger partial charge on any atom is -0.364 e. The third-order valence-corrected chi connectivity index (χ3v) is 7.15. The number of piperazine rings is 1. The molecule has 1 aliphatic heterocycles. The average Bonchev–Trinajstić information content (AvgIpc) is 2.90.